The van der Waals surface area contributed by atoms with Crippen molar-refractivity contribution in [2.45, 2.75) is 18.9 Å². The first-order valence-corrected chi connectivity index (χ1v) is 9.88. The van der Waals surface area contributed by atoms with Gasteiger partial charge in [0.1, 0.15) is 11.4 Å². The Labute approximate surface area is 178 Å². The maximum Gasteiger partial charge on any atom is 0.573 e. The Bertz CT molecular complexity index is 1070. The second kappa shape index (κ2) is 7.39. The molecule has 1 aliphatic rings. The SMILES string of the molecule is CN1CC(C)(C(O)(c2ccc(OC(F)(F)F)cc2)c2cccc(-c3ccn(C)n3)c2)C1. The van der Waals surface area contributed by atoms with Gasteiger partial charge in [-0.05, 0) is 42.4 Å². The van der Waals surface area contributed by atoms with E-state index in [1.54, 1.807) is 4.68 Å². The van der Waals surface area contributed by atoms with Crippen LogP contribution in [0.25, 0.3) is 11.3 Å². The van der Waals surface area contributed by atoms with Crippen molar-refractivity contribution in [2.24, 2.45) is 12.5 Å². The molecule has 8 heteroatoms. The summed E-state index contributed by atoms with van der Waals surface area (Å²) in [5.41, 5.74) is 0.852. The molecule has 0 bridgehead atoms. The van der Waals surface area contributed by atoms with Crippen LogP contribution < -0.4 is 4.74 Å². The standard InChI is InChI=1S/C23H24F3N3O2/c1-21(14-28(2)15-21)22(30,17-7-9-19(10-8-17)31-23(24,25)26)18-6-4-5-16(13-18)20-11-12-29(3)27-20/h4-13,30H,14-15H2,1-3H3. The second-order valence-corrected chi connectivity index (χ2v) is 8.47. The third-order valence-corrected chi connectivity index (χ3v) is 5.91. The monoisotopic (exact) mass is 431 g/mol. The molecular formula is C23H24F3N3O2. The van der Waals surface area contributed by atoms with Crippen LogP contribution in [0.3, 0.4) is 0 Å². The van der Waals surface area contributed by atoms with Gasteiger partial charge in [-0.2, -0.15) is 5.10 Å². The van der Waals surface area contributed by atoms with Crippen molar-refractivity contribution in [3.8, 4) is 17.0 Å². The maximum atomic E-state index is 12.6. The van der Waals surface area contributed by atoms with Gasteiger partial charge in [0.05, 0.1) is 5.69 Å². The first-order valence-electron chi connectivity index (χ1n) is 9.88. The molecule has 164 valence electrons. The minimum atomic E-state index is -4.77. The van der Waals surface area contributed by atoms with Crippen molar-refractivity contribution in [1.82, 2.24) is 14.7 Å². The van der Waals surface area contributed by atoms with Crippen molar-refractivity contribution in [3.63, 3.8) is 0 Å². The molecule has 4 rings (SSSR count). The number of hydrogen-bond donors (Lipinski definition) is 1. The van der Waals surface area contributed by atoms with Gasteiger partial charge in [-0.25, -0.2) is 0 Å². The molecule has 0 spiro atoms. The number of hydrogen-bond acceptors (Lipinski definition) is 4. The van der Waals surface area contributed by atoms with Gasteiger partial charge in [0.25, 0.3) is 0 Å². The number of halogens is 3. The summed E-state index contributed by atoms with van der Waals surface area (Å²) in [6.45, 7) is 3.26. The molecule has 31 heavy (non-hydrogen) atoms. The molecule has 1 fully saturated rings. The zero-order valence-electron chi connectivity index (χ0n) is 17.5. The number of aryl methyl sites for hydroxylation is 1. The minimum Gasteiger partial charge on any atom is -0.406 e. The first kappa shape index (κ1) is 21.4. The maximum absolute atomic E-state index is 12.6. The van der Waals surface area contributed by atoms with E-state index in [1.165, 1.54) is 24.3 Å². The van der Waals surface area contributed by atoms with Crippen molar-refractivity contribution < 1.29 is 23.0 Å². The molecule has 0 aliphatic carbocycles. The van der Waals surface area contributed by atoms with E-state index in [0.29, 0.717) is 24.2 Å². The molecular weight excluding hydrogens is 407 g/mol. The average Bonchev–Trinajstić information content (AvgIpc) is 3.12. The van der Waals surface area contributed by atoms with E-state index < -0.39 is 17.4 Å². The van der Waals surface area contributed by atoms with Crippen LogP contribution in [0.15, 0.2) is 60.8 Å². The fourth-order valence-electron chi connectivity index (χ4n) is 4.61. The molecule has 0 amide bonds. The van der Waals surface area contributed by atoms with E-state index >= 15 is 0 Å². The summed E-state index contributed by atoms with van der Waals surface area (Å²) in [4.78, 5) is 2.09. The zero-order valence-corrected chi connectivity index (χ0v) is 17.5. The molecule has 1 N–H and O–H groups in total. The van der Waals surface area contributed by atoms with E-state index in [-0.39, 0.29) is 5.75 Å². The van der Waals surface area contributed by atoms with Gasteiger partial charge < -0.3 is 14.7 Å². The molecule has 0 radical (unpaired) electrons. The number of rotatable bonds is 5. The molecule has 1 aromatic heterocycles. The van der Waals surface area contributed by atoms with E-state index in [2.05, 4.69) is 14.7 Å². The molecule has 1 unspecified atom stereocenters. The molecule has 2 aromatic carbocycles. The van der Waals surface area contributed by atoms with Crippen molar-refractivity contribution >= 4 is 0 Å². The van der Waals surface area contributed by atoms with Crippen LogP contribution in [0.1, 0.15) is 18.1 Å². The van der Waals surface area contributed by atoms with Crippen LogP contribution >= 0.6 is 0 Å². The Morgan fingerprint density at radius 1 is 1.00 bits per heavy atom. The summed E-state index contributed by atoms with van der Waals surface area (Å²) in [6.07, 6.45) is -2.92. The van der Waals surface area contributed by atoms with Gasteiger partial charge in [0.2, 0.25) is 0 Å². The average molecular weight is 431 g/mol. The van der Waals surface area contributed by atoms with Gasteiger partial charge in [0.15, 0.2) is 0 Å². The predicted molar refractivity (Wildman–Crippen MR) is 110 cm³/mol. The normalized spacial score (nSPS) is 18.3. The Hall–Kier alpha value is -2.84. The first-order chi connectivity index (χ1) is 14.5. The van der Waals surface area contributed by atoms with E-state index in [0.717, 1.165) is 11.3 Å². The molecule has 1 atom stereocenters. The van der Waals surface area contributed by atoms with Crippen molar-refractivity contribution in [3.05, 3.63) is 71.9 Å². The number of benzene rings is 2. The Morgan fingerprint density at radius 3 is 2.23 bits per heavy atom. The zero-order chi connectivity index (χ0) is 22.4. The smallest absolute Gasteiger partial charge is 0.406 e. The van der Waals surface area contributed by atoms with Crippen LogP contribution in [-0.4, -0.2) is 46.3 Å². The van der Waals surface area contributed by atoms with Crippen LogP contribution in [-0.2, 0) is 12.6 Å². The molecule has 1 aliphatic heterocycles. The topological polar surface area (TPSA) is 50.5 Å². The van der Waals surface area contributed by atoms with E-state index in [1.807, 2.05) is 57.5 Å². The summed E-state index contributed by atoms with van der Waals surface area (Å²) < 4.78 is 43.4. The summed E-state index contributed by atoms with van der Waals surface area (Å²) in [7, 11) is 3.80. The van der Waals surface area contributed by atoms with Crippen LogP contribution in [0, 0.1) is 5.41 Å². The number of aliphatic hydroxyl groups is 1. The summed E-state index contributed by atoms with van der Waals surface area (Å²) in [5, 5.41) is 16.6. The summed E-state index contributed by atoms with van der Waals surface area (Å²) >= 11 is 0. The highest BCUT2D eigenvalue weighted by molar-refractivity contribution is 5.61. The van der Waals surface area contributed by atoms with Crippen molar-refractivity contribution in [2.75, 3.05) is 20.1 Å². The molecule has 5 nitrogen and oxygen atoms in total. The number of likely N-dealkylation sites (tertiary alicyclic amines) is 1. The quantitative estimate of drug-likeness (QED) is 0.659. The highest BCUT2D eigenvalue weighted by atomic mass is 19.4. The third-order valence-electron chi connectivity index (χ3n) is 5.91. The third kappa shape index (κ3) is 3.93. The summed E-state index contributed by atoms with van der Waals surface area (Å²) in [6, 6.07) is 14.9. The Balaban J connectivity index is 1.78. The van der Waals surface area contributed by atoms with Crippen LogP contribution in [0.2, 0.25) is 0 Å². The van der Waals surface area contributed by atoms with E-state index in [4.69, 9.17) is 0 Å². The number of alkyl halides is 3. The van der Waals surface area contributed by atoms with Crippen LogP contribution in [0.4, 0.5) is 13.2 Å². The number of aromatic nitrogens is 2. The summed E-state index contributed by atoms with van der Waals surface area (Å²) in [5.74, 6) is -0.322. The lowest BCUT2D eigenvalue weighted by Crippen LogP contribution is -2.63. The van der Waals surface area contributed by atoms with Gasteiger partial charge in [0, 0.05) is 37.3 Å². The largest absolute Gasteiger partial charge is 0.573 e. The lowest BCUT2D eigenvalue weighted by atomic mass is 9.62. The molecule has 3 aromatic rings. The van der Waals surface area contributed by atoms with E-state index in [9.17, 15) is 18.3 Å². The van der Waals surface area contributed by atoms with Gasteiger partial charge >= 0.3 is 6.36 Å². The Kier molecular flexibility index (Phi) is 5.10. The second-order valence-electron chi connectivity index (χ2n) is 8.47. The fraction of sp³-hybridized carbons (Fsp3) is 0.348. The lowest BCUT2D eigenvalue weighted by Gasteiger charge is -2.56. The molecule has 0 saturated carbocycles. The minimum absolute atomic E-state index is 0.322. The molecule has 2 heterocycles. The van der Waals surface area contributed by atoms with Crippen LogP contribution in [0.5, 0.6) is 5.75 Å². The highest BCUT2D eigenvalue weighted by Gasteiger charge is 2.55. The van der Waals surface area contributed by atoms with Gasteiger partial charge in [-0.1, -0.05) is 37.3 Å². The fourth-order valence-corrected chi connectivity index (χ4v) is 4.61. The Morgan fingerprint density at radius 2 is 1.68 bits per heavy atom. The van der Waals surface area contributed by atoms with Crippen molar-refractivity contribution in [1.29, 1.82) is 0 Å². The predicted octanol–water partition coefficient (Wildman–Crippen LogP) is 4.17. The number of nitrogens with zero attached hydrogens (tertiary/aromatic N) is 3. The lowest BCUT2D eigenvalue weighted by molar-refractivity contribution is -0.274. The van der Waals surface area contributed by atoms with Gasteiger partial charge in [-0.15, -0.1) is 13.2 Å². The van der Waals surface area contributed by atoms with Gasteiger partial charge in [-0.3, -0.25) is 4.68 Å². The number of ether oxygens (including phenoxy) is 1. The highest BCUT2D eigenvalue weighted by Crippen LogP contribution is 2.50. The molecule has 1 saturated heterocycles.